The van der Waals surface area contributed by atoms with Crippen molar-refractivity contribution in [3.05, 3.63) is 0 Å². The largest absolute Gasteiger partial charge is 0.477 e. The summed E-state index contributed by atoms with van der Waals surface area (Å²) in [6.45, 7) is 0. The number of ether oxygens (including phenoxy) is 1. The van der Waals surface area contributed by atoms with E-state index >= 15 is 0 Å². The summed E-state index contributed by atoms with van der Waals surface area (Å²) in [6.07, 6.45) is -6.44. The van der Waals surface area contributed by atoms with Crippen molar-refractivity contribution in [2.24, 2.45) is 0 Å². The topological polar surface area (TPSA) is 46.5 Å². The molecule has 106 valence electrons. The molecule has 0 amide bonds. The summed E-state index contributed by atoms with van der Waals surface area (Å²) in [5.41, 5.74) is 0. The Hall–Kier alpha value is -1.20. The standard InChI is InChI=1S/C6HF9O3/c7-2(1(16)17)3(8,9)4(10,11)5(12,13)6(14,15)18-2/h(H,16,17)/t2-/m1/s1. The predicted molar refractivity (Wildman–Crippen MR) is 32.3 cm³/mol. The van der Waals surface area contributed by atoms with Crippen LogP contribution in [0.25, 0.3) is 0 Å². The Morgan fingerprint density at radius 3 is 1.50 bits per heavy atom. The molecule has 0 aromatic heterocycles. The van der Waals surface area contributed by atoms with Gasteiger partial charge in [0.1, 0.15) is 0 Å². The van der Waals surface area contributed by atoms with Crippen LogP contribution in [0.4, 0.5) is 39.5 Å². The maximum atomic E-state index is 12.9. The number of carboxylic acid groups (broad SMARTS) is 1. The second-order valence-corrected chi connectivity index (χ2v) is 3.24. The van der Waals surface area contributed by atoms with Gasteiger partial charge in [0, 0.05) is 0 Å². The second kappa shape index (κ2) is 3.22. The van der Waals surface area contributed by atoms with Crippen LogP contribution in [0.15, 0.2) is 0 Å². The van der Waals surface area contributed by atoms with Gasteiger partial charge in [-0.3, -0.25) is 4.74 Å². The highest BCUT2D eigenvalue weighted by molar-refractivity contribution is 5.77. The Morgan fingerprint density at radius 1 is 0.778 bits per heavy atom. The first-order valence-electron chi connectivity index (χ1n) is 3.79. The Kier molecular flexibility index (Phi) is 2.66. The van der Waals surface area contributed by atoms with Crippen LogP contribution < -0.4 is 0 Å². The molecule has 1 aliphatic heterocycles. The molecule has 1 rings (SSSR count). The molecular formula is C6HF9O3. The van der Waals surface area contributed by atoms with Crippen LogP contribution in [0.5, 0.6) is 0 Å². The number of carbonyl (C=O) groups is 1. The Bertz CT molecular complexity index is 392. The van der Waals surface area contributed by atoms with Crippen LogP contribution in [0, 0.1) is 0 Å². The molecule has 0 aliphatic carbocycles. The average molecular weight is 292 g/mol. The molecule has 1 fully saturated rings. The highest BCUT2D eigenvalue weighted by Crippen LogP contribution is 2.62. The van der Waals surface area contributed by atoms with Crippen LogP contribution in [-0.4, -0.2) is 40.8 Å². The van der Waals surface area contributed by atoms with Crippen LogP contribution >= 0.6 is 0 Å². The van der Waals surface area contributed by atoms with E-state index in [1.54, 1.807) is 0 Å². The maximum Gasteiger partial charge on any atom is 0.429 e. The van der Waals surface area contributed by atoms with E-state index < -0.39 is 35.7 Å². The third kappa shape index (κ3) is 1.29. The smallest absolute Gasteiger partial charge is 0.429 e. The van der Waals surface area contributed by atoms with Gasteiger partial charge in [0.05, 0.1) is 0 Å². The molecule has 0 saturated carbocycles. The highest BCUT2D eigenvalue weighted by Gasteiger charge is 2.94. The number of halogens is 9. The van der Waals surface area contributed by atoms with Gasteiger partial charge in [-0.2, -0.15) is 39.5 Å². The first-order chi connectivity index (χ1) is 7.65. The number of aliphatic carboxylic acids is 1. The van der Waals surface area contributed by atoms with Crippen molar-refractivity contribution in [1.29, 1.82) is 0 Å². The van der Waals surface area contributed by atoms with Gasteiger partial charge in [0.25, 0.3) is 0 Å². The van der Waals surface area contributed by atoms with Gasteiger partial charge < -0.3 is 5.11 Å². The SMILES string of the molecule is O=C(O)[C@@]1(F)OC(F)(F)C(F)(F)C(F)(F)C1(F)F. The van der Waals surface area contributed by atoms with E-state index in [1.165, 1.54) is 0 Å². The quantitative estimate of drug-likeness (QED) is 0.754. The molecule has 0 unspecified atom stereocenters. The summed E-state index contributed by atoms with van der Waals surface area (Å²) in [5, 5.41) is 7.88. The minimum absolute atomic E-state index is 2.11. The van der Waals surface area contributed by atoms with E-state index in [0.717, 1.165) is 0 Å². The van der Waals surface area contributed by atoms with Crippen molar-refractivity contribution < 1.29 is 54.2 Å². The van der Waals surface area contributed by atoms with E-state index in [9.17, 15) is 44.3 Å². The van der Waals surface area contributed by atoms with Crippen molar-refractivity contribution in [2.45, 2.75) is 29.7 Å². The monoisotopic (exact) mass is 292 g/mol. The fourth-order valence-electron chi connectivity index (χ4n) is 1.06. The molecule has 1 saturated heterocycles. The number of alkyl halides is 9. The van der Waals surface area contributed by atoms with Crippen molar-refractivity contribution in [3.8, 4) is 0 Å². The van der Waals surface area contributed by atoms with Gasteiger partial charge >= 0.3 is 35.7 Å². The Labute approximate surface area is 91.1 Å². The summed E-state index contributed by atoms with van der Waals surface area (Å²) < 4.78 is 115. The number of carboxylic acids is 1. The lowest BCUT2D eigenvalue weighted by Crippen LogP contribution is -2.77. The molecule has 1 atom stereocenters. The van der Waals surface area contributed by atoms with Gasteiger partial charge in [-0.05, 0) is 0 Å². The van der Waals surface area contributed by atoms with Gasteiger partial charge in [-0.1, -0.05) is 0 Å². The molecular weight excluding hydrogens is 291 g/mol. The first-order valence-corrected chi connectivity index (χ1v) is 3.79. The minimum Gasteiger partial charge on any atom is -0.477 e. The van der Waals surface area contributed by atoms with Gasteiger partial charge in [-0.25, -0.2) is 4.79 Å². The van der Waals surface area contributed by atoms with E-state index in [1.807, 2.05) is 0 Å². The normalized spacial score (nSPS) is 36.1. The lowest BCUT2D eigenvalue weighted by atomic mass is 9.93. The first kappa shape index (κ1) is 14.9. The van der Waals surface area contributed by atoms with Crippen LogP contribution in [0.3, 0.4) is 0 Å². The summed E-state index contributed by atoms with van der Waals surface area (Å²) in [5.74, 6) is -30.1. The lowest BCUT2D eigenvalue weighted by Gasteiger charge is -2.46. The molecule has 0 aromatic rings. The molecule has 0 spiro atoms. The van der Waals surface area contributed by atoms with Gasteiger partial charge in [-0.15, -0.1) is 0 Å². The zero-order valence-electron chi connectivity index (χ0n) is 7.67. The number of hydrogen-bond donors (Lipinski definition) is 1. The van der Waals surface area contributed by atoms with Gasteiger partial charge in [0.15, 0.2) is 0 Å². The lowest BCUT2D eigenvalue weighted by molar-refractivity contribution is -0.525. The maximum absolute atomic E-state index is 12.9. The fraction of sp³-hybridized carbons (Fsp3) is 0.833. The summed E-state index contributed by atoms with van der Waals surface area (Å²) in [7, 11) is 0. The second-order valence-electron chi connectivity index (χ2n) is 3.24. The van der Waals surface area contributed by atoms with Crippen LogP contribution in [-0.2, 0) is 9.53 Å². The third-order valence-corrected chi connectivity index (χ3v) is 2.10. The average Bonchev–Trinajstić information content (AvgIpc) is 2.13. The molecule has 1 heterocycles. The molecule has 1 aliphatic rings. The Balaban J connectivity index is 3.57. The van der Waals surface area contributed by atoms with Gasteiger partial charge in [0.2, 0.25) is 0 Å². The summed E-state index contributed by atoms with van der Waals surface area (Å²) >= 11 is 0. The Morgan fingerprint density at radius 2 is 1.17 bits per heavy atom. The zero-order chi connectivity index (χ0) is 14.8. The van der Waals surface area contributed by atoms with Crippen molar-refractivity contribution in [3.63, 3.8) is 0 Å². The van der Waals surface area contributed by atoms with Crippen LogP contribution in [0.2, 0.25) is 0 Å². The molecule has 0 radical (unpaired) electrons. The number of rotatable bonds is 1. The van der Waals surface area contributed by atoms with E-state index in [2.05, 4.69) is 4.74 Å². The summed E-state index contributed by atoms with van der Waals surface area (Å²) in [6, 6.07) is 0. The molecule has 12 heteroatoms. The molecule has 0 bridgehead atoms. The predicted octanol–water partition coefficient (Wildman–Crippen LogP) is 2.27. The number of hydrogen-bond acceptors (Lipinski definition) is 2. The van der Waals surface area contributed by atoms with Crippen molar-refractivity contribution in [1.82, 2.24) is 0 Å². The van der Waals surface area contributed by atoms with E-state index in [-0.39, 0.29) is 0 Å². The highest BCUT2D eigenvalue weighted by atomic mass is 19.4. The summed E-state index contributed by atoms with van der Waals surface area (Å²) in [4.78, 5) is 9.99. The minimum atomic E-state index is -6.98. The van der Waals surface area contributed by atoms with Crippen molar-refractivity contribution in [2.75, 3.05) is 0 Å². The van der Waals surface area contributed by atoms with Crippen LogP contribution in [0.1, 0.15) is 0 Å². The van der Waals surface area contributed by atoms with E-state index in [4.69, 9.17) is 5.11 Å². The third-order valence-electron chi connectivity index (χ3n) is 2.10. The molecule has 0 aromatic carbocycles. The van der Waals surface area contributed by atoms with E-state index in [0.29, 0.717) is 0 Å². The fourth-order valence-corrected chi connectivity index (χ4v) is 1.06. The molecule has 1 N–H and O–H groups in total. The zero-order valence-corrected chi connectivity index (χ0v) is 7.67. The molecule has 3 nitrogen and oxygen atoms in total. The molecule has 18 heavy (non-hydrogen) atoms. The van der Waals surface area contributed by atoms with Crippen molar-refractivity contribution >= 4 is 5.97 Å².